The highest BCUT2D eigenvalue weighted by atomic mass is 79.9. The van der Waals surface area contributed by atoms with Gasteiger partial charge in [0.05, 0.1) is 10.5 Å². The molecule has 0 unspecified atom stereocenters. The molecule has 0 aliphatic carbocycles. The van der Waals surface area contributed by atoms with Gasteiger partial charge in [-0.05, 0) is 54.0 Å². The Kier molecular flexibility index (Phi) is 7.65. The Bertz CT molecular complexity index is 1410. The first kappa shape index (κ1) is 27.5. The van der Waals surface area contributed by atoms with E-state index < -0.39 is 38.7 Å². The van der Waals surface area contributed by atoms with E-state index in [1.54, 1.807) is 4.90 Å². The van der Waals surface area contributed by atoms with Crippen molar-refractivity contribution in [1.82, 2.24) is 19.3 Å². The van der Waals surface area contributed by atoms with Crippen molar-refractivity contribution in [2.75, 3.05) is 42.5 Å². The van der Waals surface area contributed by atoms with E-state index in [1.807, 2.05) is 18.7 Å². The van der Waals surface area contributed by atoms with E-state index in [0.29, 0.717) is 51.3 Å². The number of halogens is 4. The molecule has 1 atom stereocenters. The lowest BCUT2D eigenvalue weighted by molar-refractivity contribution is -0.141. The van der Waals surface area contributed by atoms with E-state index in [9.17, 15) is 31.5 Å². The number of sulfonamides is 1. The monoisotopic (exact) mass is 622 g/mol. The van der Waals surface area contributed by atoms with Crippen LogP contribution in [0.2, 0.25) is 0 Å². The highest BCUT2D eigenvalue weighted by Gasteiger charge is 2.41. The summed E-state index contributed by atoms with van der Waals surface area (Å²) in [5.74, 6) is -0.698. The van der Waals surface area contributed by atoms with E-state index >= 15 is 0 Å². The molecule has 2 aromatic heterocycles. The van der Waals surface area contributed by atoms with Gasteiger partial charge in [-0.2, -0.15) is 22.5 Å². The minimum absolute atomic E-state index is 0.124. The molecule has 1 N–H and O–H groups in total. The number of carboxylic acid groups (broad SMARTS) is 1. The van der Waals surface area contributed by atoms with Crippen molar-refractivity contribution in [3.8, 4) is 0 Å². The molecule has 3 aromatic rings. The molecule has 4 rings (SSSR count). The Morgan fingerprint density at radius 1 is 1.16 bits per heavy atom. The van der Waals surface area contributed by atoms with Gasteiger partial charge in [0.25, 0.3) is 0 Å². The first-order valence-electron chi connectivity index (χ1n) is 11.1. The Balaban J connectivity index is 1.64. The number of aliphatic carboxylic acids is 1. The molecule has 0 radical (unpaired) electrons. The fraction of sp³-hybridized carbons (Fsp3) is 0.429. The zero-order valence-electron chi connectivity index (χ0n) is 19.6. The standard InChI is InChI=1S/C21H22BrF3N6O4S2/c1-3-29(4-2)17-15-16(26-19(22)28-17)27-20(36-15)30-9-10-31(14(11-30)18(32)33)37(34,35)13-7-5-12(6-8-13)21(23,24)25/h5-8,14H,3-4,9-11H2,1-2H3,(H,32,33)/t14-/m1/s1. The lowest BCUT2D eigenvalue weighted by Crippen LogP contribution is -2.58. The third-order valence-electron chi connectivity index (χ3n) is 5.94. The van der Waals surface area contributed by atoms with Crippen molar-refractivity contribution in [2.45, 2.75) is 31.0 Å². The number of hydrogen-bond acceptors (Lipinski definition) is 9. The fourth-order valence-corrected chi connectivity index (χ4v) is 6.98. The second-order valence-electron chi connectivity index (χ2n) is 8.08. The van der Waals surface area contributed by atoms with Crippen LogP contribution < -0.4 is 9.80 Å². The zero-order valence-corrected chi connectivity index (χ0v) is 22.8. The maximum atomic E-state index is 13.2. The summed E-state index contributed by atoms with van der Waals surface area (Å²) in [6.07, 6.45) is -4.63. The number of carbonyl (C=O) groups is 1. The number of benzene rings is 1. The van der Waals surface area contributed by atoms with Crippen LogP contribution in [0.15, 0.2) is 33.9 Å². The summed E-state index contributed by atoms with van der Waals surface area (Å²) >= 11 is 4.58. The normalized spacial score (nSPS) is 17.4. The van der Waals surface area contributed by atoms with Gasteiger partial charge >= 0.3 is 12.1 Å². The first-order valence-corrected chi connectivity index (χ1v) is 14.2. The highest BCUT2D eigenvalue weighted by molar-refractivity contribution is 9.10. The number of alkyl halides is 3. The summed E-state index contributed by atoms with van der Waals surface area (Å²) in [5.41, 5.74) is -0.573. The van der Waals surface area contributed by atoms with Crippen LogP contribution in [0.1, 0.15) is 19.4 Å². The van der Waals surface area contributed by atoms with E-state index in [1.165, 1.54) is 11.3 Å². The molecule has 0 bridgehead atoms. The lowest BCUT2D eigenvalue weighted by atomic mass is 10.2. The third-order valence-corrected chi connectivity index (χ3v) is 9.31. The van der Waals surface area contributed by atoms with Crippen molar-refractivity contribution < 1.29 is 31.5 Å². The predicted molar refractivity (Wildman–Crippen MR) is 135 cm³/mol. The average molecular weight is 623 g/mol. The molecule has 1 aliphatic heterocycles. The molecule has 3 heterocycles. The van der Waals surface area contributed by atoms with Crippen LogP contribution >= 0.6 is 27.3 Å². The minimum atomic E-state index is -4.63. The van der Waals surface area contributed by atoms with Crippen LogP contribution in [0.4, 0.5) is 24.1 Å². The van der Waals surface area contributed by atoms with Crippen molar-refractivity contribution in [2.24, 2.45) is 0 Å². The van der Waals surface area contributed by atoms with Gasteiger partial charge in [-0.1, -0.05) is 11.3 Å². The topological polar surface area (TPSA) is 120 Å². The number of anilines is 2. The maximum Gasteiger partial charge on any atom is 0.416 e. The number of carboxylic acids is 1. The molecule has 0 saturated carbocycles. The molecule has 200 valence electrons. The van der Waals surface area contributed by atoms with E-state index in [-0.39, 0.29) is 19.6 Å². The largest absolute Gasteiger partial charge is 0.480 e. The summed E-state index contributed by atoms with van der Waals surface area (Å²) in [4.78, 5) is 28.7. The van der Waals surface area contributed by atoms with Crippen molar-refractivity contribution in [3.63, 3.8) is 0 Å². The Hall–Kier alpha value is -2.56. The van der Waals surface area contributed by atoms with Crippen LogP contribution in [0.25, 0.3) is 10.3 Å². The maximum absolute atomic E-state index is 13.2. The zero-order chi connectivity index (χ0) is 27.1. The van der Waals surface area contributed by atoms with E-state index in [0.717, 1.165) is 16.4 Å². The van der Waals surface area contributed by atoms with Gasteiger partial charge in [-0.25, -0.2) is 18.4 Å². The second kappa shape index (κ2) is 10.3. The van der Waals surface area contributed by atoms with Crippen LogP contribution in [0, 0.1) is 0 Å². The number of fused-ring (bicyclic) bond motifs is 1. The van der Waals surface area contributed by atoms with Gasteiger partial charge in [-0.3, -0.25) is 4.79 Å². The molecule has 16 heteroatoms. The number of aromatic nitrogens is 3. The molecule has 1 aromatic carbocycles. The van der Waals surface area contributed by atoms with Crippen molar-refractivity contribution in [1.29, 1.82) is 0 Å². The molecule has 10 nitrogen and oxygen atoms in total. The molecular formula is C21H22BrF3N6O4S2. The van der Waals surface area contributed by atoms with E-state index in [2.05, 4.69) is 30.9 Å². The number of rotatable bonds is 7. The smallest absolute Gasteiger partial charge is 0.416 e. The van der Waals surface area contributed by atoms with Crippen LogP contribution in [0.5, 0.6) is 0 Å². The molecule has 0 spiro atoms. The van der Waals surface area contributed by atoms with Gasteiger partial charge in [0.1, 0.15) is 10.7 Å². The van der Waals surface area contributed by atoms with Gasteiger partial charge in [-0.15, -0.1) is 0 Å². The summed E-state index contributed by atoms with van der Waals surface area (Å²) in [6, 6.07) is 1.51. The predicted octanol–water partition coefficient (Wildman–Crippen LogP) is 3.68. The third kappa shape index (κ3) is 5.37. The summed E-state index contributed by atoms with van der Waals surface area (Å²) in [5, 5.41) is 10.3. The molecule has 1 fully saturated rings. The van der Waals surface area contributed by atoms with Crippen LogP contribution in [-0.2, 0) is 21.0 Å². The van der Waals surface area contributed by atoms with Gasteiger partial charge in [0, 0.05) is 32.7 Å². The van der Waals surface area contributed by atoms with Gasteiger partial charge in [0.15, 0.2) is 16.6 Å². The van der Waals surface area contributed by atoms with Gasteiger partial charge in [0.2, 0.25) is 14.8 Å². The molecule has 1 saturated heterocycles. The van der Waals surface area contributed by atoms with Crippen LogP contribution in [-0.4, -0.2) is 77.5 Å². The highest BCUT2D eigenvalue weighted by Crippen LogP contribution is 2.36. The van der Waals surface area contributed by atoms with E-state index in [4.69, 9.17) is 0 Å². The molecule has 1 aliphatic rings. The Morgan fingerprint density at radius 2 is 1.81 bits per heavy atom. The summed E-state index contributed by atoms with van der Waals surface area (Å²) in [6.45, 7) is 5.09. The number of hydrogen-bond donors (Lipinski definition) is 1. The van der Waals surface area contributed by atoms with Crippen LogP contribution in [0.3, 0.4) is 0 Å². The number of piperazine rings is 1. The minimum Gasteiger partial charge on any atom is -0.480 e. The quantitative estimate of drug-likeness (QED) is 0.393. The first-order chi connectivity index (χ1) is 17.4. The SMILES string of the molecule is CCN(CC)c1nc(Br)nc2nc(N3CCN(S(=O)(=O)c4ccc(C(F)(F)F)cc4)[C@@H](C(=O)O)C3)sc12. The summed E-state index contributed by atoms with van der Waals surface area (Å²) in [7, 11) is -4.37. The molecule has 37 heavy (non-hydrogen) atoms. The van der Waals surface area contributed by atoms with Gasteiger partial charge < -0.3 is 14.9 Å². The Labute approximate surface area is 222 Å². The molecular weight excluding hydrogens is 601 g/mol. The van der Waals surface area contributed by atoms with Crippen molar-refractivity contribution in [3.05, 3.63) is 34.6 Å². The van der Waals surface area contributed by atoms with Crippen molar-refractivity contribution >= 4 is 64.6 Å². The molecule has 0 amide bonds. The number of thiazole rings is 1. The summed E-state index contributed by atoms with van der Waals surface area (Å²) < 4.78 is 66.9. The number of nitrogens with zero attached hydrogens (tertiary/aromatic N) is 6. The average Bonchev–Trinajstić information content (AvgIpc) is 3.28. The lowest BCUT2D eigenvalue weighted by Gasteiger charge is -2.38. The fourth-order valence-electron chi connectivity index (χ4n) is 4.03. The second-order valence-corrected chi connectivity index (χ2v) is 11.7. The Morgan fingerprint density at radius 3 is 2.38 bits per heavy atom.